The number of amides is 1. The Hall–Kier alpha value is -1.06. The van der Waals surface area contributed by atoms with Crippen molar-refractivity contribution in [1.29, 1.82) is 0 Å². The number of rotatable bonds is 6. The van der Waals surface area contributed by atoms with Gasteiger partial charge in [0, 0.05) is 13.1 Å². The molecule has 0 aliphatic heterocycles. The van der Waals surface area contributed by atoms with E-state index in [9.17, 15) is 4.79 Å². The van der Waals surface area contributed by atoms with E-state index in [-0.39, 0.29) is 24.2 Å². The third-order valence-corrected chi connectivity index (χ3v) is 4.56. The Labute approximate surface area is 127 Å². The second-order valence-corrected chi connectivity index (χ2v) is 5.62. The summed E-state index contributed by atoms with van der Waals surface area (Å²) in [6.07, 6.45) is 4.92. The Morgan fingerprint density at radius 3 is 2.45 bits per heavy atom. The zero-order valence-electron chi connectivity index (χ0n) is 12.1. The first-order valence-corrected chi connectivity index (χ1v) is 7.23. The Morgan fingerprint density at radius 2 is 2.00 bits per heavy atom. The van der Waals surface area contributed by atoms with Gasteiger partial charge in [0.15, 0.2) is 0 Å². The second-order valence-electron chi connectivity index (χ2n) is 5.62. The predicted octanol–water partition coefficient (Wildman–Crippen LogP) is 2.85. The lowest BCUT2D eigenvalue weighted by atomic mass is 9.67. The SMILES string of the molecule is CCC1(CNC(=O)C(CN)c2ccccc2)CCC1.Cl. The normalized spacial score (nSPS) is 17.5. The number of carbonyl (C=O) groups is 1. The molecular weight excluding hydrogens is 272 g/mol. The first-order valence-electron chi connectivity index (χ1n) is 7.23. The van der Waals surface area contributed by atoms with Gasteiger partial charge in [-0.15, -0.1) is 12.4 Å². The van der Waals surface area contributed by atoms with E-state index in [1.807, 2.05) is 30.3 Å². The van der Waals surface area contributed by atoms with Gasteiger partial charge in [0.25, 0.3) is 0 Å². The third kappa shape index (κ3) is 3.74. The molecule has 1 aliphatic rings. The number of hydrogen-bond acceptors (Lipinski definition) is 2. The minimum absolute atomic E-state index is 0. The van der Waals surface area contributed by atoms with Gasteiger partial charge in [-0.25, -0.2) is 0 Å². The largest absolute Gasteiger partial charge is 0.355 e. The van der Waals surface area contributed by atoms with Crippen LogP contribution in [0.15, 0.2) is 30.3 Å². The second kappa shape index (κ2) is 7.65. The fraction of sp³-hybridized carbons (Fsp3) is 0.562. The van der Waals surface area contributed by atoms with Crippen LogP contribution in [0.4, 0.5) is 0 Å². The fourth-order valence-electron chi connectivity index (χ4n) is 2.81. The van der Waals surface area contributed by atoms with Crippen molar-refractivity contribution < 1.29 is 4.79 Å². The molecule has 3 nitrogen and oxygen atoms in total. The molecule has 0 aromatic heterocycles. The summed E-state index contributed by atoms with van der Waals surface area (Å²) < 4.78 is 0. The lowest BCUT2D eigenvalue weighted by Gasteiger charge is -2.41. The molecule has 1 atom stereocenters. The Bertz CT molecular complexity index is 412. The fourth-order valence-corrected chi connectivity index (χ4v) is 2.81. The smallest absolute Gasteiger partial charge is 0.228 e. The maximum absolute atomic E-state index is 12.3. The van der Waals surface area contributed by atoms with Crippen LogP contribution in [0, 0.1) is 5.41 Å². The minimum Gasteiger partial charge on any atom is -0.355 e. The molecule has 0 spiro atoms. The standard InChI is InChI=1S/C16H24N2O.ClH/c1-2-16(9-6-10-16)12-18-15(19)14(11-17)13-7-4-3-5-8-13;/h3-5,7-8,14H,2,6,9-12,17H2,1H3,(H,18,19);1H. The van der Waals surface area contributed by atoms with Crippen molar-refractivity contribution >= 4 is 18.3 Å². The molecule has 1 fully saturated rings. The Balaban J connectivity index is 0.00000200. The van der Waals surface area contributed by atoms with Gasteiger partial charge in [-0.3, -0.25) is 4.79 Å². The predicted molar refractivity (Wildman–Crippen MR) is 85.1 cm³/mol. The van der Waals surface area contributed by atoms with Gasteiger partial charge in [-0.1, -0.05) is 43.7 Å². The topological polar surface area (TPSA) is 55.1 Å². The molecule has 112 valence electrons. The van der Waals surface area contributed by atoms with E-state index in [0.29, 0.717) is 12.0 Å². The van der Waals surface area contributed by atoms with E-state index < -0.39 is 0 Å². The third-order valence-electron chi connectivity index (χ3n) is 4.56. The highest BCUT2D eigenvalue weighted by molar-refractivity contribution is 5.85. The van der Waals surface area contributed by atoms with Crippen molar-refractivity contribution in [3.8, 4) is 0 Å². The summed E-state index contributed by atoms with van der Waals surface area (Å²) in [6, 6.07) is 9.79. The van der Waals surface area contributed by atoms with Crippen LogP contribution in [0.5, 0.6) is 0 Å². The van der Waals surface area contributed by atoms with Crippen LogP contribution in [0.2, 0.25) is 0 Å². The zero-order chi connectivity index (χ0) is 13.7. The molecule has 0 bridgehead atoms. The van der Waals surface area contributed by atoms with Gasteiger partial charge < -0.3 is 11.1 Å². The number of carbonyl (C=O) groups excluding carboxylic acids is 1. The molecule has 1 aliphatic carbocycles. The molecular formula is C16H25ClN2O. The van der Waals surface area contributed by atoms with Crippen molar-refractivity contribution in [3.05, 3.63) is 35.9 Å². The van der Waals surface area contributed by atoms with Gasteiger partial charge in [0.05, 0.1) is 5.92 Å². The van der Waals surface area contributed by atoms with Gasteiger partial charge in [0.1, 0.15) is 0 Å². The average molecular weight is 297 g/mol. The zero-order valence-corrected chi connectivity index (χ0v) is 12.9. The van der Waals surface area contributed by atoms with Crippen LogP contribution in [0.3, 0.4) is 0 Å². The van der Waals surface area contributed by atoms with E-state index in [1.54, 1.807) is 0 Å². The molecule has 4 heteroatoms. The molecule has 0 radical (unpaired) electrons. The molecule has 0 saturated heterocycles. The van der Waals surface area contributed by atoms with Crippen LogP contribution >= 0.6 is 12.4 Å². The van der Waals surface area contributed by atoms with E-state index in [0.717, 1.165) is 18.5 Å². The molecule has 1 saturated carbocycles. The summed E-state index contributed by atoms with van der Waals surface area (Å²) in [7, 11) is 0. The maximum Gasteiger partial charge on any atom is 0.228 e. The van der Waals surface area contributed by atoms with E-state index in [4.69, 9.17) is 5.73 Å². The monoisotopic (exact) mass is 296 g/mol. The first-order chi connectivity index (χ1) is 9.21. The van der Waals surface area contributed by atoms with Gasteiger partial charge in [-0.2, -0.15) is 0 Å². The number of nitrogens with two attached hydrogens (primary N) is 1. The summed E-state index contributed by atoms with van der Waals surface area (Å²) >= 11 is 0. The van der Waals surface area contributed by atoms with E-state index in [2.05, 4.69) is 12.2 Å². The van der Waals surface area contributed by atoms with Crippen molar-refractivity contribution in [2.24, 2.45) is 11.1 Å². The van der Waals surface area contributed by atoms with Crippen molar-refractivity contribution in [2.75, 3.05) is 13.1 Å². The number of halogens is 1. The number of hydrogen-bond donors (Lipinski definition) is 2. The van der Waals surface area contributed by atoms with Crippen LogP contribution in [0.1, 0.15) is 44.1 Å². The molecule has 1 amide bonds. The average Bonchev–Trinajstić information content (AvgIpc) is 2.40. The molecule has 1 aromatic carbocycles. The van der Waals surface area contributed by atoms with Gasteiger partial charge in [0.2, 0.25) is 5.91 Å². The van der Waals surface area contributed by atoms with Crippen LogP contribution < -0.4 is 11.1 Å². The highest BCUT2D eigenvalue weighted by Gasteiger charge is 2.35. The summed E-state index contributed by atoms with van der Waals surface area (Å²) in [6.45, 7) is 3.36. The lowest BCUT2D eigenvalue weighted by Crippen LogP contribution is -2.44. The number of nitrogens with one attached hydrogen (secondary N) is 1. The van der Waals surface area contributed by atoms with Crippen molar-refractivity contribution in [3.63, 3.8) is 0 Å². The summed E-state index contributed by atoms with van der Waals surface area (Å²) in [5.74, 6) is -0.163. The van der Waals surface area contributed by atoms with E-state index in [1.165, 1.54) is 19.3 Å². The van der Waals surface area contributed by atoms with Gasteiger partial charge >= 0.3 is 0 Å². The summed E-state index contributed by atoms with van der Waals surface area (Å²) in [5, 5.41) is 3.11. The van der Waals surface area contributed by atoms with Gasteiger partial charge in [-0.05, 0) is 30.2 Å². The van der Waals surface area contributed by atoms with E-state index >= 15 is 0 Å². The molecule has 1 unspecified atom stereocenters. The first kappa shape index (κ1) is 17.0. The lowest BCUT2D eigenvalue weighted by molar-refractivity contribution is -0.123. The Kier molecular flexibility index (Phi) is 6.50. The highest BCUT2D eigenvalue weighted by Crippen LogP contribution is 2.43. The van der Waals surface area contributed by atoms with Crippen LogP contribution in [0.25, 0.3) is 0 Å². The van der Waals surface area contributed by atoms with Crippen molar-refractivity contribution in [2.45, 2.75) is 38.5 Å². The summed E-state index contributed by atoms with van der Waals surface area (Å²) in [4.78, 5) is 12.3. The van der Waals surface area contributed by atoms with Crippen molar-refractivity contribution in [1.82, 2.24) is 5.32 Å². The molecule has 1 aromatic rings. The molecule has 0 heterocycles. The molecule has 3 N–H and O–H groups in total. The highest BCUT2D eigenvalue weighted by atomic mass is 35.5. The van der Waals surface area contributed by atoms with Crippen LogP contribution in [-0.4, -0.2) is 19.0 Å². The molecule has 20 heavy (non-hydrogen) atoms. The Morgan fingerprint density at radius 1 is 1.35 bits per heavy atom. The maximum atomic E-state index is 12.3. The summed E-state index contributed by atoms with van der Waals surface area (Å²) in [5.41, 5.74) is 7.12. The quantitative estimate of drug-likeness (QED) is 0.848. The van der Waals surface area contributed by atoms with Crippen LogP contribution in [-0.2, 0) is 4.79 Å². The number of benzene rings is 1. The molecule has 2 rings (SSSR count). The minimum atomic E-state index is -0.227.